The Labute approximate surface area is 88.5 Å². The minimum absolute atomic E-state index is 0.614. The Kier molecular flexibility index (Phi) is 1.58. The fourth-order valence-electron chi connectivity index (χ4n) is 5.32. The molecule has 3 fully saturated rings. The average molecular weight is 192 g/mol. The summed E-state index contributed by atoms with van der Waals surface area (Å²) in [5, 5.41) is 0. The van der Waals surface area contributed by atoms with Gasteiger partial charge in [0.25, 0.3) is 0 Å². The third-order valence-electron chi connectivity index (χ3n) is 6.31. The van der Waals surface area contributed by atoms with Crippen molar-refractivity contribution in [3.63, 3.8) is 0 Å². The van der Waals surface area contributed by atoms with Crippen LogP contribution in [0.2, 0.25) is 0 Å². The summed E-state index contributed by atoms with van der Waals surface area (Å²) < 4.78 is 0. The first-order chi connectivity index (χ1) is 6.50. The van der Waals surface area contributed by atoms with Gasteiger partial charge in [0.2, 0.25) is 0 Å². The lowest BCUT2D eigenvalue weighted by molar-refractivity contribution is -0.249. The van der Waals surface area contributed by atoms with Gasteiger partial charge in [0.05, 0.1) is 0 Å². The Morgan fingerprint density at radius 2 is 2.00 bits per heavy atom. The minimum Gasteiger partial charge on any atom is -0.0648 e. The highest BCUT2D eigenvalue weighted by Crippen LogP contribution is 2.75. The zero-order valence-corrected chi connectivity index (χ0v) is 10.1. The predicted octanol–water partition coefficient (Wildman–Crippen LogP) is 4.10. The van der Waals surface area contributed by atoms with E-state index in [4.69, 9.17) is 0 Å². The van der Waals surface area contributed by atoms with Gasteiger partial charge in [-0.1, -0.05) is 34.1 Å². The summed E-state index contributed by atoms with van der Waals surface area (Å²) in [6, 6.07) is 0. The van der Waals surface area contributed by atoms with Crippen molar-refractivity contribution in [1.29, 1.82) is 0 Å². The molecular weight excluding hydrogens is 168 g/mol. The van der Waals surface area contributed by atoms with E-state index in [-0.39, 0.29) is 0 Å². The Bertz CT molecular complexity index is 265. The molecule has 0 aliphatic heterocycles. The van der Waals surface area contributed by atoms with Gasteiger partial charge in [-0.25, -0.2) is 0 Å². The molecule has 0 spiro atoms. The second kappa shape index (κ2) is 2.39. The molecule has 3 rings (SSSR count). The minimum atomic E-state index is 0.614. The van der Waals surface area contributed by atoms with Gasteiger partial charge in [-0.05, 0) is 53.8 Å². The molecule has 80 valence electrons. The zero-order valence-electron chi connectivity index (χ0n) is 10.1. The highest BCUT2D eigenvalue weighted by Gasteiger charge is 2.67. The van der Waals surface area contributed by atoms with Crippen molar-refractivity contribution >= 4 is 0 Å². The number of hydrogen-bond acceptors (Lipinski definition) is 0. The molecule has 0 bridgehead atoms. The van der Waals surface area contributed by atoms with E-state index in [0.717, 1.165) is 29.1 Å². The van der Waals surface area contributed by atoms with Gasteiger partial charge in [-0.3, -0.25) is 0 Å². The van der Waals surface area contributed by atoms with Crippen molar-refractivity contribution in [2.24, 2.45) is 34.5 Å². The fraction of sp³-hybridized carbons (Fsp3) is 1.00. The Balaban J connectivity index is 1.92. The first kappa shape index (κ1) is 9.24. The van der Waals surface area contributed by atoms with Crippen molar-refractivity contribution in [3.8, 4) is 0 Å². The maximum absolute atomic E-state index is 2.51. The molecule has 0 heterocycles. The molecule has 5 unspecified atom stereocenters. The van der Waals surface area contributed by atoms with E-state index in [1.807, 2.05) is 0 Å². The maximum atomic E-state index is 2.51. The molecule has 0 nitrogen and oxygen atoms in total. The van der Waals surface area contributed by atoms with E-state index in [0.29, 0.717) is 5.41 Å². The van der Waals surface area contributed by atoms with Crippen molar-refractivity contribution < 1.29 is 0 Å². The molecule has 0 aromatic carbocycles. The first-order valence-corrected chi connectivity index (χ1v) is 6.50. The fourth-order valence-corrected chi connectivity index (χ4v) is 5.32. The monoisotopic (exact) mass is 192 g/mol. The van der Waals surface area contributed by atoms with Crippen LogP contribution in [0.15, 0.2) is 0 Å². The molecule has 3 aliphatic rings. The summed E-state index contributed by atoms with van der Waals surface area (Å²) in [5.74, 6) is 4.37. The molecule has 0 aromatic rings. The molecular formula is C14H24. The number of hydrogen-bond donors (Lipinski definition) is 0. The predicted molar refractivity (Wildman–Crippen MR) is 60.0 cm³/mol. The van der Waals surface area contributed by atoms with E-state index in [1.54, 1.807) is 12.8 Å². The van der Waals surface area contributed by atoms with Crippen molar-refractivity contribution in [3.05, 3.63) is 0 Å². The third kappa shape index (κ3) is 0.823. The van der Waals surface area contributed by atoms with Crippen LogP contribution in [0.1, 0.15) is 53.4 Å². The van der Waals surface area contributed by atoms with Crippen LogP contribution < -0.4 is 0 Å². The summed E-state index contributed by atoms with van der Waals surface area (Å²) in [5.41, 5.74) is 1.41. The quantitative estimate of drug-likeness (QED) is 0.586. The van der Waals surface area contributed by atoms with E-state index >= 15 is 0 Å². The molecule has 0 heteroatoms. The Hall–Kier alpha value is 0. The second-order valence-electron chi connectivity index (χ2n) is 7.06. The highest BCUT2D eigenvalue weighted by molar-refractivity contribution is 5.16. The maximum Gasteiger partial charge on any atom is -0.0258 e. The van der Waals surface area contributed by atoms with Gasteiger partial charge in [0, 0.05) is 0 Å². The summed E-state index contributed by atoms with van der Waals surface area (Å²) in [6.07, 6.45) is 6.09. The van der Waals surface area contributed by atoms with E-state index < -0.39 is 0 Å². The lowest BCUT2D eigenvalue weighted by Gasteiger charge is -2.74. The van der Waals surface area contributed by atoms with Crippen LogP contribution in [0, 0.1) is 34.5 Å². The van der Waals surface area contributed by atoms with Crippen LogP contribution in [-0.4, -0.2) is 0 Å². The van der Waals surface area contributed by atoms with Crippen LogP contribution in [0.5, 0.6) is 0 Å². The molecule has 0 saturated heterocycles. The SMILES string of the molecule is CCC12CC3CC(C(C)C(C)(C)C1)C32. The zero-order chi connectivity index (χ0) is 10.1. The molecule has 0 N–H and O–H groups in total. The van der Waals surface area contributed by atoms with E-state index in [1.165, 1.54) is 12.8 Å². The van der Waals surface area contributed by atoms with Crippen molar-refractivity contribution in [1.82, 2.24) is 0 Å². The van der Waals surface area contributed by atoms with Crippen LogP contribution in [-0.2, 0) is 0 Å². The first-order valence-electron chi connectivity index (χ1n) is 6.50. The molecule has 5 atom stereocenters. The molecule has 0 radical (unpaired) electrons. The van der Waals surface area contributed by atoms with E-state index in [2.05, 4.69) is 27.7 Å². The standard InChI is InChI=1S/C14H24/c1-5-14-7-10-6-11(12(10)14)9(2)13(3,4)8-14/h9-12H,5-8H2,1-4H3. The number of rotatable bonds is 1. The molecule has 0 aromatic heterocycles. The normalized spacial score (nSPS) is 58.3. The third-order valence-corrected chi connectivity index (χ3v) is 6.31. The topological polar surface area (TPSA) is 0 Å². The summed E-state index contributed by atoms with van der Waals surface area (Å²) >= 11 is 0. The largest absolute Gasteiger partial charge is 0.0648 e. The second-order valence-corrected chi connectivity index (χ2v) is 7.06. The van der Waals surface area contributed by atoms with E-state index in [9.17, 15) is 0 Å². The van der Waals surface area contributed by atoms with Crippen LogP contribution in [0.3, 0.4) is 0 Å². The van der Waals surface area contributed by atoms with Gasteiger partial charge in [-0.2, -0.15) is 0 Å². The van der Waals surface area contributed by atoms with Crippen molar-refractivity contribution in [2.45, 2.75) is 53.4 Å². The Morgan fingerprint density at radius 3 is 2.57 bits per heavy atom. The molecule has 14 heavy (non-hydrogen) atoms. The summed E-state index contributed by atoms with van der Waals surface area (Å²) in [6.45, 7) is 9.96. The smallest absolute Gasteiger partial charge is 0.0258 e. The average Bonchev–Trinajstić information content (AvgIpc) is 2.07. The Morgan fingerprint density at radius 1 is 1.29 bits per heavy atom. The van der Waals surface area contributed by atoms with Crippen molar-refractivity contribution in [2.75, 3.05) is 0 Å². The molecule has 0 amide bonds. The lowest BCUT2D eigenvalue weighted by atomic mass is 9.31. The van der Waals surface area contributed by atoms with Gasteiger partial charge in [0.15, 0.2) is 0 Å². The van der Waals surface area contributed by atoms with Gasteiger partial charge in [-0.15, -0.1) is 0 Å². The van der Waals surface area contributed by atoms with Gasteiger partial charge >= 0.3 is 0 Å². The molecule has 3 saturated carbocycles. The van der Waals surface area contributed by atoms with Crippen LogP contribution in [0.4, 0.5) is 0 Å². The van der Waals surface area contributed by atoms with Crippen LogP contribution >= 0.6 is 0 Å². The van der Waals surface area contributed by atoms with Gasteiger partial charge < -0.3 is 0 Å². The lowest BCUT2D eigenvalue weighted by Crippen LogP contribution is -2.66. The summed E-state index contributed by atoms with van der Waals surface area (Å²) in [7, 11) is 0. The van der Waals surface area contributed by atoms with Gasteiger partial charge in [0.1, 0.15) is 0 Å². The summed E-state index contributed by atoms with van der Waals surface area (Å²) in [4.78, 5) is 0. The highest BCUT2D eigenvalue weighted by atomic mass is 14.7. The van der Waals surface area contributed by atoms with Crippen LogP contribution in [0.25, 0.3) is 0 Å². The molecule has 3 aliphatic carbocycles.